The van der Waals surface area contributed by atoms with Crippen molar-refractivity contribution in [2.45, 2.75) is 25.9 Å². The van der Waals surface area contributed by atoms with Crippen molar-refractivity contribution < 1.29 is 14.6 Å². The van der Waals surface area contributed by atoms with Crippen molar-refractivity contribution in [2.24, 2.45) is 0 Å². The number of carbonyl (C=O) groups is 1. The van der Waals surface area contributed by atoms with E-state index in [9.17, 15) is 9.90 Å². The Balaban J connectivity index is 1.82. The molecule has 23 heavy (non-hydrogen) atoms. The Morgan fingerprint density at radius 3 is 2.74 bits per heavy atom. The van der Waals surface area contributed by atoms with Crippen LogP contribution in [0, 0.1) is 6.92 Å². The number of aryl methyl sites for hydroxylation is 1. The third-order valence-corrected chi connectivity index (χ3v) is 4.17. The van der Waals surface area contributed by atoms with Gasteiger partial charge < -0.3 is 14.7 Å². The first kappa shape index (κ1) is 15.6. The van der Waals surface area contributed by atoms with Crippen LogP contribution < -0.4 is 9.64 Å². The predicted molar refractivity (Wildman–Crippen MR) is 89.7 cm³/mol. The molecule has 1 amide bonds. The fourth-order valence-electron chi connectivity index (χ4n) is 2.88. The molecule has 0 aromatic heterocycles. The average Bonchev–Trinajstić information content (AvgIpc) is 2.54. The molecular formula is C19H21NO3. The summed E-state index contributed by atoms with van der Waals surface area (Å²) in [5, 5.41) is 10.7. The molecule has 3 rings (SSSR count). The second-order valence-electron chi connectivity index (χ2n) is 6.18. The SMILES string of the molecule is Cc1ccc2c(c1)OCCN2C(=O)CC(C)(O)c1ccccc1. The summed E-state index contributed by atoms with van der Waals surface area (Å²) in [4.78, 5) is 14.4. The summed E-state index contributed by atoms with van der Waals surface area (Å²) in [7, 11) is 0. The Kier molecular flexibility index (Phi) is 4.09. The summed E-state index contributed by atoms with van der Waals surface area (Å²) in [6.07, 6.45) is 0.0321. The van der Waals surface area contributed by atoms with E-state index in [1.165, 1.54) is 0 Å². The van der Waals surface area contributed by atoms with Crippen LogP contribution >= 0.6 is 0 Å². The van der Waals surface area contributed by atoms with Gasteiger partial charge in [-0.2, -0.15) is 0 Å². The number of benzene rings is 2. The van der Waals surface area contributed by atoms with E-state index in [4.69, 9.17) is 4.74 Å². The van der Waals surface area contributed by atoms with E-state index < -0.39 is 5.60 Å². The first-order valence-corrected chi connectivity index (χ1v) is 7.79. The zero-order chi connectivity index (χ0) is 16.4. The molecule has 1 unspecified atom stereocenters. The number of ether oxygens (including phenoxy) is 1. The van der Waals surface area contributed by atoms with Gasteiger partial charge in [0.2, 0.25) is 5.91 Å². The van der Waals surface area contributed by atoms with Gasteiger partial charge in [-0.05, 0) is 37.1 Å². The van der Waals surface area contributed by atoms with E-state index in [0.717, 1.165) is 22.6 Å². The highest BCUT2D eigenvalue weighted by Gasteiger charge is 2.31. The van der Waals surface area contributed by atoms with E-state index in [1.807, 2.05) is 55.5 Å². The largest absolute Gasteiger partial charge is 0.490 e. The molecule has 120 valence electrons. The number of fused-ring (bicyclic) bond motifs is 1. The normalized spacial score (nSPS) is 16.2. The van der Waals surface area contributed by atoms with Gasteiger partial charge in [0.15, 0.2) is 0 Å². The van der Waals surface area contributed by atoms with Gasteiger partial charge in [0.05, 0.1) is 24.3 Å². The van der Waals surface area contributed by atoms with Crippen molar-refractivity contribution in [1.29, 1.82) is 0 Å². The first-order chi connectivity index (χ1) is 11.0. The number of anilines is 1. The fourth-order valence-corrected chi connectivity index (χ4v) is 2.88. The van der Waals surface area contributed by atoms with Crippen LogP contribution in [0.15, 0.2) is 48.5 Å². The number of aliphatic hydroxyl groups is 1. The van der Waals surface area contributed by atoms with E-state index in [-0.39, 0.29) is 12.3 Å². The summed E-state index contributed by atoms with van der Waals surface area (Å²) in [5.41, 5.74) is 1.41. The second-order valence-corrected chi connectivity index (χ2v) is 6.18. The molecule has 1 heterocycles. The molecule has 4 heteroatoms. The van der Waals surface area contributed by atoms with Crippen molar-refractivity contribution >= 4 is 11.6 Å². The molecule has 0 saturated carbocycles. The number of carbonyl (C=O) groups excluding carboxylic acids is 1. The van der Waals surface area contributed by atoms with Crippen molar-refractivity contribution in [3.05, 3.63) is 59.7 Å². The van der Waals surface area contributed by atoms with Gasteiger partial charge in [-0.3, -0.25) is 4.79 Å². The summed E-state index contributed by atoms with van der Waals surface area (Å²) < 4.78 is 5.64. The summed E-state index contributed by atoms with van der Waals surface area (Å²) in [5.74, 6) is 0.621. The molecule has 0 fully saturated rings. The van der Waals surface area contributed by atoms with Crippen molar-refractivity contribution in [3.8, 4) is 5.75 Å². The zero-order valence-electron chi connectivity index (χ0n) is 13.5. The highest BCUT2D eigenvalue weighted by molar-refractivity contribution is 5.96. The van der Waals surface area contributed by atoms with Gasteiger partial charge in [0.25, 0.3) is 0 Å². The van der Waals surface area contributed by atoms with Crippen LogP contribution in [-0.2, 0) is 10.4 Å². The lowest BCUT2D eigenvalue weighted by molar-refractivity contribution is -0.123. The van der Waals surface area contributed by atoms with Crippen LogP contribution in [0.5, 0.6) is 5.75 Å². The van der Waals surface area contributed by atoms with Gasteiger partial charge in [-0.1, -0.05) is 36.4 Å². The maximum Gasteiger partial charge on any atom is 0.230 e. The Hall–Kier alpha value is -2.33. The van der Waals surface area contributed by atoms with Crippen LogP contribution in [0.25, 0.3) is 0 Å². The van der Waals surface area contributed by atoms with Gasteiger partial charge in [-0.15, -0.1) is 0 Å². The Morgan fingerprint density at radius 2 is 2.00 bits per heavy atom. The van der Waals surface area contributed by atoms with E-state index >= 15 is 0 Å². The molecule has 1 atom stereocenters. The number of amides is 1. The number of nitrogens with zero attached hydrogens (tertiary/aromatic N) is 1. The lowest BCUT2D eigenvalue weighted by atomic mass is 9.92. The molecule has 0 aliphatic carbocycles. The molecule has 0 saturated heterocycles. The average molecular weight is 311 g/mol. The Labute approximate surface area is 136 Å². The van der Waals surface area contributed by atoms with Gasteiger partial charge in [-0.25, -0.2) is 0 Å². The Bertz CT molecular complexity index is 710. The van der Waals surface area contributed by atoms with Crippen molar-refractivity contribution in [2.75, 3.05) is 18.1 Å². The minimum absolute atomic E-state index is 0.0321. The maximum absolute atomic E-state index is 12.7. The van der Waals surface area contributed by atoms with Gasteiger partial charge in [0.1, 0.15) is 12.4 Å². The number of hydrogen-bond donors (Lipinski definition) is 1. The van der Waals surface area contributed by atoms with E-state index in [2.05, 4.69) is 0 Å². The monoisotopic (exact) mass is 311 g/mol. The van der Waals surface area contributed by atoms with Gasteiger partial charge >= 0.3 is 0 Å². The molecule has 0 bridgehead atoms. The number of rotatable bonds is 3. The second kappa shape index (κ2) is 6.05. The number of hydrogen-bond acceptors (Lipinski definition) is 3. The molecule has 4 nitrogen and oxygen atoms in total. The maximum atomic E-state index is 12.7. The Morgan fingerprint density at radius 1 is 1.26 bits per heavy atom. The molecule has 0 spiro atoms. The van der Waals surface area contributed by atoms with Crippen LogP contribution in [0.1, 0.15) is 24.5 Å². The lowest BCUT2D eigenvalue weighted by Crippen LogP contribution is -2.41. The lowest BCUT2D eigenvalue weighted by Gasteiger charge is -2.32. The molecule has 1 aliphatic rings. The standard InChI is InChI=1S/C19H21NO3/c1-14-8-9-16-17(12-14)23-11-10-20(16)18(21)13-19(2,22)15-6-4-3-5-7-15/h3-9,12,22H,10-11,13H2,1-2H3. The van der Waals surface area contributed by atoms with E-state index in [1.54, 1.807) is 11.8 Å². The van der Waals surface area contributed by atoms with Crippen LogP contribution in [0.4, 0.5) is 5.69 Å². The third-order valence-electron chi connectivity index (χ3n) is 4.17. The predicted octanol–water partition coefficient (Wildman–Crippen LogP) is 3.02. The molecule has 2 aromatic carbocycles. The molecule has 0 radical (unpaired) electrons. The minimum atomic E-state index is -1.19. The molecular weight excluding hydrogens is 290 g/mol. The highest BCUT2D eigenvalue weighted by atomic mass is 16.5. The fraction of sp³-hybridized carbons (Fsp3) is 0.316. The quantitative estimate of drug-likeness (QED) is 0.948. The van der Waals surface area contributed by atoms with Gasteiger partial charge in [0, 0.05) is 0 Å². The first-order valence-electron chi connectivity index (χ1n) is 7.79. The van der Waals surface area contributed by atoms with Crippen molar-refractivity contribution in [1.82, 2.24) is 0 Å². The summed E-state index contributed by atoms with van der Waals surface area (Å²) >= 11 is 0. The molecule has 2 aromatic rings. The van der Waals surface area contributed by atoms with Crippen molar-refractivity contribution in [3.63, 3.8) is 0 Å². The topological polar surface area (TPSA) is 49.8 Å². The third kappa shape index (κ3) is 3.22. The minimum Gasteiger partial charge on any atom is -0.490 e. The highest BCUT2D eigenvalue weighted by Crippen LogP contribution is 2.34. The van der Waals surface area contributed by atoms with Crippen LogP contribution in [-0.4, -0.2) is 24.2 Å². The zero-order valence-corrected chi connectivity index (χ0v) is 13.5. The molecule has 1 N–H and O–H groups in total. The van der Waals surface area contributed by atoms with Crippen LogP contribution in [0.3, 0.4) is 0 Å². The smallest absolute Gasteiger partial charge is 0.230 e. The summed E-state index contributed by atoms with van der Waals surface area (Å²) in [6, 6.07) is 15.1. The van der Waals surface area contributed by atoms with E-state index in [0.29, 0.717) is 13.2 Å². The summed E-state index contributed by atoms with van der Waals surface area (Å²) in [6.45, 7) is 4.64. The molecule has 1 aliphatic heterocycles. The van der Waals surface area contributed by atoms with Crippen LogP contribution in [0.2, 0.25) is 0 Å².